The van der Waals surface area contributed by atoms with Gasteiger partial charge in [-0.15, -0.1) is 0 Å². The first-order valence-electron chi connectivity index (χ1n) is 10.7. The number of methoxy groups -OCH3 is 1. The van der Waals surface area contributed by atoms with Crippen LogP contribution in [0.25, 0.3) is 6.08 Å². The number of nitrogens with one attached hydrogen (secondary N) is 1. The molecular formula is C27H24FIN2O3. The normalized spacial score (nSPS) is 10.9. The molecule has 0 aliphatic heterocycles. The first kappa shape index (κ1) is 25.2. The van der Waals surface area contributed by atoms with Gasteiger partial charge in [-0.05, 0) is 82.5 Å². The Balaban J connectivity index is 1.65. The molecule has 3 aromatic rings. The highest BCUT2D eigenvalue weighted by Gasteiger charge is 2.14. The summed E-state index contributed by atoms with van der Waals surface area (Å²) in [5, 5.41) is 12.3. The SMILES string of the molecule is COc1cc(/C=C(/C#N)C(=O)NCCCc2ccccc2)cc(I)c1OCc1cccc(F)c1. The number of ether oxygens (including phenoxy) is 2. The number of nitriles is 1. The average molecular weight is 570 g/mol. The molecule has 1 amide bonds. The number of aryl methyl sites for hydroxylation is 1. The van der Waals surface area contributed by atoms with Gasteiger partial charge in [0.15, 0.2) is 11.5 Å². The van der Waals surface area contributed by atoms with E-state index in [9.17, 15) is 14.4 Å². The Morgan fingerprint density at radius 2 is 1.88 bits per heavy atom. The zero-order valence-corrected chi connectivity index (χ0v) is 20.8. The number of halogens is 2. The summed E-state index contributed by atoms with van der Waals surface area (Å²) in [6.07, 6.45) is 3.14. The number of carbonyl (C=O) groups is 1. The van der Waals surface area contributed by atoms with Crippen LogP contribution in [0.1, 0.15) is 23.1 Å². The predicted molar refractivity (Wildman–Crippen MR) is 138 cm³/mol. The van der Waals surface area contributed by atoms with Crippen LogP contribution < -0.4 is 14.8 Å². The Kier molecular flexibility index (Phi) is 9.47. The van der Waals surface area contributed by atoms with Crippen molar-refractivity contribution < 1.29 is 18.7 Å². The van der Waals surface area contributed by atoms with Gasteiger partial charge in [0.1, 0.15) is 24.1 Å². The van der Waals surface area contributed by atoms with Crippen LogP contribution in [0.2, 0.25) is 0 Å². The molecule has 0 fully saturated rings. The van der Waals surface area contributed by atoms with Crippen molar-refractivity contribution in [1.82, 2.24) is 5.32 Å². The minimum Gasteiger partial charge on any atom is -0.493 e. The largest absolute Gasteiger partial charge is 0.493 e. The van der Waals surface area contributed by atoms with Gasteiger partial charge in [-0.3, -0.25) is 4.79 Å². The molecule has 0 unspecified atom stereocenters. The van der Waals surface area contributed by atoms with Crippen molar-refractivity contribution in [2.45, 2.75) is 19.4 Å². The fourth-order valence-electron chi connectivity index (χ4n) is 3.30. The zero-order chi connectivity index (χ0) is 24.3. The van der Waals surface area contributed by atoms with Gasteiger partial charge < -0.3 is 14.8 Å². The maximum absolute atomic E-state index is 13.4. The topological polar surface area (TPSA) is 71.3 Å². The molecule has 0 saturated heterocycles. The summed E-state index contributed by atoms with van der Waals surface area (Å²) >= 11 is 2.10. The van der Waals surface area contributed by atoms with Crippen LogP contribution in [0.4, 0.5) is 4.39 Å². The van der Waals surface area contributed by atoms with Crippen LogP contribution in [0.15, 0.2) is 72.3 Å². The molecule has 0 spiro atoms. The summed E-state index contributed by atoms with van der Waals surface area (Å²) < 4.78 is 25.5. The fraction of sp³-hybridized carbons (Fsp3) is 0.185. The third-order valence-corrected chi connectivity index (χ3v) is 5.77. The Hall–Kier alpha value is -3.38. The summed E-state index contributed by atoms with van der Waals surface area (Å²) in [7, 11) is 1.51. The monoisotopic (exact) mass is 570 g/mol. The molecule has 0 aliphatic carbocycles. The lowest BCUT2D eigenvalue weighted by atomic mass is 10.1. The molecular weight excluding hydrogens is 546 g/mol. The minimum atomic E-state index is -0.420. The van der Waals surface area contributed by atoms with Crippen LogP contribution >= 0.6 is 22.6 Å². The number of benzene rings is 3. The van der Waals surface area contributed by atoms with E-state index >= 15 is 0 Å². The Labute approximate surface area is 212 Å². The molecule has 174 valence electrons. The summed E-state index contributed by atoms with van der Waals surface area (Å²) in [6, 6.07) is 21.7. The molecule has 3 aromatic carbocycles. The number of carbonyl (C=O) groups excluding carboxylic acids is 1. The first-order chi connectivity index (χ1) is 16.5. The van der Waals surface area contributed by atoms with E-state index in [0.29, 0.717) is 29.2 Å². The second kappa shape index (κ2) is 12.8. The predicted octanol–water partition coefficient (Wildman–Crippen LogP) is 5.67. The molecule has 7 heteroatoms. The summed E-state index contributed by atoms with van der Waals surface area (Å²) in [4.78, 5) is 12.5. The maximum Gasteiger partial charge on any atom is 0.261 e. The maximum atomic E-state index is 13.4. The molecule has 3 rings (SSSR count). The molecule has 0 atom stereocenters. The van der Waals surface area contributed by atoms with Crippen molar-refractivity contribution >= 4 is 34.6 Å². The van der Waals surface area contributed by atoms with Gasteiger partial charge in [0.25, 0.3) is 5.91 Å². The van der Waals surface area contributed by atoms with E-state index in [0.717, 1.165) is 16.4 Å². The van der Waals surface area contributed by atoms with Crippen LogP contribution in [0.3, 0.4) is 0 Å². The summed E-state index contributed by atoms with van der Waals surface area (Å²) in [5.74, 6) is 0.213. The molecule has 0 bridgehead atoms. The second-order valence-electron chi connectivity index (χ2n) is 7.47. The van der Waals surface area contributed by atoms with Crippen molar-refractivity contribution in [2.75, 3.05) is 13.7 Å². The molecule has 34 heavy (non-hydrogen) atoms. The lowest BCUT2D eigenvalue weighted by Crippen LogP contribution is -2.25. The third kappa shape index (κ3) is 7.32. The average Bonchev–Trinajstić information content (AvgIpc) is 2.84. The highest BCUT2D eigenvalue weighted by molar-refractivity contribution is 14.1. The molecule has 0 radical (unpaired) electrons. The van der Waals surface area contributed by atoms with E-state index < -0.39 is 5.91 Å². The van der Waals surface area contributed by atoms with Gasteiger partial charge in [-0.25, -0.2) is 4.39 Å². The fourth-order valence-corrected chi connectivity index (χ4v) is 4.08. The van der Waals surface area contributed by atoms with E-state index in [1.807, 2.05) is 36.4 Å². The molecule has 0 saturated carbocycles. The van der Waals surface area contributed by atoms with E-state index in [-0.39, 0.29) is 18.0 Å². The van der Waals surface area contributed by atoms with Gasteiger partial charge in [0.2, 0.25) is 0 Å². The second-order valence-corrected chi connectivity index (χ2v) is 8.63. The third-order valence-electron chi connectivity index (χ3n) is 4.97. The van der Waals surface area contributed by atoms with Crippen LogP contribution in [-0.4, -0.2) is 19.6 Å². The van der Waals surface area contributed by atoms with Gasteiger partial charge in [0, 0.05) is 6.54 Å². The van der Waals surface area contributed by atoms with Crippen LogP contribution in [0, 0.1) is 20.7 Å². The number of amides is 1. The number of nitrogens with zero attached hydrogens (tertiary/aromatic N) is 1. The van der Waals surface area contributed by atoms with Gasteiger partial charge in [-0.2, -0.15) is 5.26 Å². The summed E-state index contributed by atoms with van der Waals surface area (Å²) in [5.41, 5.74) is 2.54. The van der Waals surface area contributed by atoms with E-state index in [1.165, 1.54) is 30.9 Å². The minimum absolute atomic E-state index is 0.00555. The van der Waals surface area contributed by atoms with Crippen molar-refractivity contribution in [3.8, 4) is 17.6 Å². The Morgan fingerprint density at radius 3 is 2.59 bits per heavy atom. The number of rotatable bonds is 10. The van der Waals surface area contributed by atoms with Crippen molar-refractivity contribution in [3.63, 3.8) is 0 Å². The van der Waals surface area contributed by atoms with Gasteiger partial charge >= 0.3 is 0 Å². The van der Waals surface area contributed by atoms with Crippen molar-refractivity contribution in [1.29, 1.82) is 5.26 Å². The van der Waals surface area contributed by atoms with Crippen LogP contribution in [-0.2, 0) is 17.8 Å². The van der Waals surface area contributed by atoms with Crippen LogP contribution in [0.5, 0.6) is 11.5 Å². The molecule has 0 aromatic heterocycles. The molecule has 1 N–H and O–H groups in total. The zero-order valence-electron chi connectivity index (χ0n) is 18.7. The lowest BCUT2D eigenvalue weighted by Gasteiger charge is -2.14. The quantitative estimate of drug-likeness (QED) is 0.148. The smallest absolute Gasteiger partial charge is 0.261 e. The Morgan fingerprint density at radius 1 is 1.12 bits per heavy atom. The Bertz CT molecular complexity index is 1210. The molecule has 0 aliphatic rings. The van der Waals surface area contributed by atoms with Gasteiger partial charge in [-0.1, -0.05) is 42.5 Å². The standard InChI is InChI=1S/C27H24FIN2O3/c1-33-25-16-21(15-24(29)26(25)34-18-20-9-5-11-23(28)14-20)13-22(17-30)27(32)31-12-6-10-19-7-3-2-4-8-19/h2-5,7-9,11,13-16H,6,10,12,18H2,1H3,(H,31,32)/b22-13-. The van der Waals surface area contributed by atoms with E-state index in [2.05, 4.69) is 27.9 Å². The van der Waals surface area contributed by atoms with E-state index in [1.54, 1.807) is 24.3 Å². The number of hydrogen-bond acceptors (Lipinski definition) is 4. The first-order valence-corrected chi connectivity index (χ1v) is 11.8. The van der Waals surface area contributed by atoms with Crippen molar-refractivity contribution in [3.05, 3.63) is 98.4 Å². The lowest BCUT2D eigenvalue weighted by molar-refractivity contribution is -0.117. The molecule has 0 heterocycles. The highest BCUT2D eigenvalue weighted by atomic mass is 127. The molecule has 5 nitrogen and oxygen atoms in total. The highest BCUT2D eigenvalue weighted by Crippen LogP contribution is 2.35. The number of hydrogen-bond donors (Lipinski definition) is 1. The van der Waals surface area contributed by atoms with Gasteiger partial charge in [0.05, 0.1) is 10.7 Å². The summed E-state index contributed by atoms with van der Waals surface area (Å²) in [6.45, 7) is 0.647. The van der Waals surface area contributed by atoms with Crippen molar-refractivity contribution in [2.24, 2.45) is 0 Å². The van der Waals surface area contributed by atoms with E-state index in [4.69, 9.17) is 9.47 Å².